The van der Waals surface area contributed by atoms with E-state index in [1.54, 1.807) is 25.2 Å². The molecule has 4 rings (SSSR count). The molecule has 3 aromatic rings. The predicted molar refractivity (Wildman–Crippen MR) is 135 cm³/mol. The van der Waals surface area contributed by atoms with Gasteiger partial charge in [0.1, 0.15) is 12.3 Å². The van der Waals surface area contributed by atoms with Gasteiger partial charge in [-0.25, -0.2) is 0 Å². The second kappa shape index (κ2) is 11.1. The fraction of sp³-hybridized carbons (Fsp3) is 0.296. The number of alkyl halides is 3. The van der Waals surface area contributed by atoms with Crippen molar-refractivity contribution in [1.29, 1.82) is 0 Å². The number of aromatic nitrogens is 2. The summed E-state index contributed by atoms with van der Waals surface area (Å²) in [5.41, 5.74) is 0.276. The van der Waals surface area contributed by atoms with Crippen LogP contribution in [0.3, 0.4) is 0 Å². The van der Waals surface area contributed by atoms with E-state index in [0.29, 0.717) is 23.5 Å². The van der Waals surface area contributed by atoms with Crippen molar-refractivity contribution in [1.82, 2.24) is 15.1 Å². The molecule has 1 N–H and O–H groups in total. The normalized spacial score (nSPS) is 14.1. The highest BCUT2D eigenvalue weighted by molar-refractivity contribution is 5.97. The van der Waals surface area contributed by atoms with Gasteiger partial charge in [-0.2, -0.15) is 18.3 Å². The number of likely N-dealkylation sites (N-methyl/N-ethyl adjacent to an activating group) is 1. The molecule has 1 aromatic heterocycles. The topological polar surface area (TPSA) is 85.7 Å². The lowest BCUT2D eigenvalue weighted by Gasteiger charge is -2.26. The van der Waals surface area contributed by atoms with Crippen LogP contribution in [0.25, 0.3) is 6.08 Å². The third-order valence-corrected chi connectivity index (χ3v) is 6.37. The number of nitrogens with one attached hydrogen (secondary N) is 1. The molecule has 38 heavy (non-hydrogen) atoms. The van der Waals surface area contributed by atoms with Gasteiger partial charge in [-0.05, 0) is 31.0 Å². The molecule has 0 fully saturated rings. The van der Waals surface area contributed by atoms with Crippen LogP contribution in [0.4, 0.5) is 18.9 Å². The lowest BCUT2D eigenvalue weighted by atomic mass is 10.0. The molecule has 1 aliphatic rings. The number of halogens is 3. The maximum absolute atomic E-state index is 13.6. The van der Waals surface area contributed by atoms with Gasteiger partial charge in [0, 0.05) is 36.6 Å². The zero-order valence-corrected chi connectivity index (χ0v) is 20.9. The molecule has 1 amide bonds. The Morgan fingerprint density at radius 2 is 1.92 bits per heavy atom. The molecule has 2 heterocycles. The third-order valence-electron chi connectivity index (χ3n) is 6.37. The first-order chi connectivity index (χ1) is 18.1. The number of amides is 1. The second-order valence-electron chi connectivity index (χ2n) is 8.78. The summed E-state index contributed by atoms with van der Waals surface area (Å²) < 4.78 is 52.3. The fourth-order valence-electron chi connectivity index (χ4n) is 4.31. The summed E-state index contributed by atoms with van der Waals surface area (Å²) in [7, 11) is 1.61. The molecule has 0 spiro atoms. The number of carbonyl (C=O) groups is 2. The Hall–Kier alpha value is -4.12. The summed E-state index contributed by atoms with van der Waals surface area (Å²) >= 11 is 0. The summed E-state index contributed by atoms with van der Waals surface area (Å²) in [6.07, 6.45) is -2.85. The van der Waals surface area contributed by atoms with Gasteiger partial charge < -0.3 is 24.5 Å². The van der Waals surface area contributed by atoms with Gasteiger partial charge in [-0.3, -0.25) is 9.48 Å². The van der Waals surface area contributed by atoms with Gasteiger partial charge in [0.2, 0.25) is 12.7 Å². The molecule has 200 valence electrons. The standard InChI is InChI=1S/C27H27F3N4O4/c1-4-21-17(2)34(32-25(21)27(28,29)30)20(15-35)14-31-22(12-18-8-6-5-7-9-18)26(36)33(3)19-10-11-23-24(13-19)38-16-37-23/h4-11,13,15,20,22,31H,1,12,14,16H2,2-3H3. The summed E-state index contributed by atoms with van der Waals surface area (Å²) in [5.74, 6) is 0.787. The molecular formula is C27H27F3N4O4. The van der Waals surface area contributed by atoms with Crippen molar-refractivity contribution in [3.8, 4) is 11.5 Å². The molecule has 2 atom stereocenters. The van der Waals surface area contributed by atoms with Gasteiger partial charge in [0.15, 0.2) is 17.2 Å². The van der Waals surface area contributed by atoms with Gasteiger partial charge in [-0.15, -0.1) is 0 Å². The summed E-state index contributed by atoms with van der Waals surface area (Å²) in [5, 5.41) is 6.76. The molecule has 2 aromatic carbocycles. The van der Waals surface area contributed by atoms with Crippen LogP contribution in [0.5, 0.6) is 11.5 Å². The van der Waals surface area contributed by atoms with Gasteiger partial charge in [0.05, 0.1) is 6.04 Å². The maximum atomic E-state index is 13.6. The quantitative estimate of drug-likeness (QED) is 0.398. The Morgan fingerprint density at radius 3 is 2.55 bits per heavy atom. The Morgan fingerprint density at radius 1 is 1.21 bits per heavy atom. The van der Waals surface area contributed by atoms with E-state index in [1.165, 1.54) is 11.8 Å². The summed E-state index contributed by atoms with van der Waals surface area (Å²) in [6.45, 7) is 4.86. The van der Waals surface area contributed by atoms with E-state index < -0.39 is 24.0 Å². The zero-order chi connectivity index (χ0) is 27.4. The summed E-state index contributed by atoms with van der Waals surface area (Å²) in [6, 6.07) is 12.5. The van der Waals surface area contributed by atoms with E-state index in [0.717, 1.165) is 16.3 Å². The maximum Gasteiger partial charge on any atom is 0.435 e. The highest BCUT2D eigenvalue weighted by Gasteiger charge is 2.38. The number of fused-ring (bicyclic) bond motifs is 1. The minimum absolute atomic E-state index is 0.0954. The molecule has 8 nitrogen and oxygen atoms in total. The van der Waals surface area contributed by atoms with E-state index in [4.69, 9.17) is 9.47 Å². The van der Waals surface area contributed by atoms with Crippen molar-refractivity contribution in [3.05, 3.63) is 77.6 Å². The van der Waals surface area contributed by atoms with Gasteiger partial charge in [0.25, 0.3) is 0 Å². The SMILES string of the molecule is C=Cc1c(C(F)(F)F)nn(C(C=O)CNC(Cc2ccccc2)C(=O)N(C)c2ccc3c(c2)OCO3)c1C. The van der Waals surface area contributed by atoms with Crippen LogP contribution < -0.4 is 19.7 Å². The Labute approximate surface area is 217 Å². The van der Waals surface area contributed by atoms with E-state index in [1.807, 2.05) is 30.3 Å². The molecule has 1 aliphatic heterocycles. The number of anilines is 1. The van der Waals surface area contributed by atoms with Crippen LogP contribution in [0, 0.1) is 6.92 Å². The van der Waals surface area contributed by atoms with Crippen LogP contribution in [-0.2, 0) is 22.2 Å². The minimum atomic E-state index is -4.71. The van der Waals surface area contributed by atoms with Crippen molar-refractivity contribution in [2.45, 2.75) is 31.6 Å². The smallest absolute Gasteiger partial charge is 0.435 e. The van der Waals surface area contributed by atoms with Crippen LogP contribution >= 0.6 is 0 Å². The van der Waals surface area contributed by atoms with Crippen LogP contribution in [0.1, 0.15) is 28.6 Å². The molecule has 0 aliphatic carbocycles. The monoisotopic (exact) mass is 528 g/mol. The molecule has 0 bridgehead atoms. The first-order valence-electron chi connectivity index (χ1n) is 11.8. The zero-order valence-electron chi connectivity index (χ0n) is 20.9. The molecule has 11 heteroatoms. The second-order valence-corrected chi connectivity index (χ2v) is 8.78. The number of rotatable bonds is 10. The van der Waals surface area contributed by atoms with Gasteiger partial charge in [-0.1, -0.05) is 43.0 Å². The minimum Gasteiger partial charge on any atom is -0.454 e. The number of nitrogens with zero attached hydrogens (tertiary/aromatic N) is 3. The van der Waals surface area contributed by atoms with E-state index in [9.17, 15) is 22.8 Å². The average Bonchev–Trinajstić information content (AvgIpc) is 3.51. The number of aldehydes is 1. The van der Waals surface area contributed by atoms with Crippen LogP contribution in [0.15, 0.2) is 55.1 Å². The largest absolute Gasteiger partial charge is 0.454 e. The van der Waals surface area contributed by atoms with E-state index in [2.05, 4.69) is 17.0 Å². The first-order valence-corrected chi connectivity index (χ1v) is 11.8. The lowest BCUT2D eigenvalue weighted by molar-refractivity contribution is -0.141. The third kappa shape index (κ3) is 5.57. The van der Waals surface area contributed by atoms with Crippen LogP contribution in [-0.4, -0.2) is 48.4 Å². The highest BCUT2D eigenvalue weighted by atomic mass is 19.4. The van der Waals surface area contributed by atoms with Crippen molar-refractivity contribution >= 4 is 24.0 Å². The van der Waals surface area contributed by atoms with Crippen molar-refractivity contribution < 1.29 is 32.2 Å². The number of carbonyl (C=O) groups excluding carboxylic acids is 2. The fourth-order valence-corrected chi connectivity index (χ4v) is 4.31. The molecule has 0 saturated carbocycles. The molecule has 0 radical (unpaired) electrons. The van der Waals surface area contributed by atoms with Crippen molar-refractivity contribution in [3.63, 3.8) is 0 Å². The van der Waals surface area contributed by atoms with Crippen molar-refractivity contribution in [2.24, 2.45) is 0 Å². The predicted octanol–water partition coefficient (Wildman–Crippen LogP) is 4.19. The number of ether oxygens (including phenoxy) is 2. The summed E-state index contributed by atoms with van der Waals surface area (Å²) in [4.78, 5) is 27.1. The van der Waals surface area contributed by atoms with E-state index >= 15 is 0 Å². The van der Waals surface area contributed by atoms with Crippen molar-refractivity contribution in [2.75, 3.05) is 25.3 Å². The van der Waals surface area contributed by atoms with E-state index in [-0.39, 0.29) is 36.9 Å². The number of hydrogen-bond donors (Lipinski definition) is 1. The number of benzene rings is 2. The van der Waals surface area contributed by atoms with Gasteiger partial charge >= 0.3 is 6.18 Å². The Balaban J connectivity index is 1.58. The highest BCUT2D eigenvalue weighted by Crippen LogP contribution is 2.36. The Bertz CT molecular complexity index is 1320. The average molecular weight is 529 g/mol. The Kier molecular flexibility index (Phi) is 7.86. The van der Waals surface area contributed by atoms with Crippen LogP contribution in [0.2, 0.25) is 0 Å². The lowest BCUT2D eigenvalue weighted by Crippen LogP contribution is -2.48. The number of hydrogen-bond acceptors (Lipinski definition) is 6. The molecular weight excluding hydrogens is 501 g/mol. The molecule has 2 unspecified atom stereocenters. The molecule has 0 saturated heterocycles. The first kappa shape index (κ1) is 26.9.